The Morgan fingerprint density at radius 2 is 2.08 bits per heavy atom. The first-order valence-electron chi connectivity index (χ1n) is 8.04. The fraction of sp³-hybridized carbons (Fsp3) is 0.333. The van der Waals surface area contributed by atoms with E-state index in [4.69, 9.17) is 16.3 Å². The van der Waals surface area contributed by atoms with Gasteiger partial charge in [-0.15, -0.1) is 0 Å². The maximum absolute atomic E-state index is 12.3. The number of anilines is 1. The molecule has 126 valence electrons. The lowest BCUT2D eigenvalue weighted by Crippen LogP contribution is -2.40. The molecule has 5 nitrogen and oxygen atoms in total. The molecule has 0 radical (unpaired) electrons. The Labute approximate surface area is 146 Å². The first-order valence-corrected chi connectivity index (χ1v) is 8.41. The normalized spacial score (nSPS) is 20.4. The van der Waals surface area contributed by atoms with Crippen molar-refractivity contribution in [3.05, 3.63) is 47.6 Å². The zero-order chi connectivity index (χ0) is 16.9. The number of piperidine rings is 1. The first-order chi connectivity index (χ1) is 11.6. The average Bonchev–Trinajstić information content (AvgIpc) is 2.59. The van der Waals surface area contributed by atoms with Crippen molar-refractivity contribution >= 4 is 23.2 Å². The van der Waals surface area contributed by atoms with Crippen LogP contribution in [0.15, 0.2) is 42.6 Å². The molecule has 24 heavy (non-hydrogen) atoms. The highest BCUT2D eigenvalue weighted by Crippen LogP contribution is 2.23. The van der Waals surface area contributed by atoms with Gasteiger partial charge in [0.1, 0.15) is 5.75 Å². The number of benzene rings is 1. The summed E-state index contributed by atoms with van der Waals surface area (Å²) in [5.41, 5.74) is 0.766. The standard InChI is InChI=1S/C18H20ClN3O2/c1-12-10-13(8-9-20-12)18(23)22-15-3-5-16(6-4-15)24-17-7-2-14(19)11-21-17/h2-7,11-13,20H,8-10H2,1H3,(H,22,23)/t12-,13-/m0/s1. The second-order valence-electron chi connectivity index (χ2n) is 6.01. The number of ether oxygens (including phenoxy) is 1. The van der Waals surface area contributed by atoms with Crippen LogP contribution in [0.1, 0.15) is 19.8 Å². The minimum Gasteiger partial charge on any atom is -0.439 e. The third-order valence-corrected chi connectivity index (χ3v) is 4.26. The monoisotopic (exact) mass is 345 g/mol. The van der Waals surface area contributed by atoms with Crippen LogP contribution in [0, 0.1) is 5.92 Å². The van der Waals surface area contributed by atoms with Gasteiger partial charge >= 0.3 is 0 Å². The molecule has 1 aromatic heterocycles. The van der Waals surface area contributed by atoms with E-state index in [-0.39, 0.29) is 11.8 Å². The van der Waals surface area contributed by atoms with Crippen LogP contribution in [0.25, 0.3) is 0 Å². The molecule has 1 amide bonds. The lowest BCUT2D eigenvalue weighted by Gasteiger charge is -2.27. The van der Waals surface area contributed by atoms with Crippen molar-refractivity contribution in [2.45, 2.75) is 25.8 Å². The number of hydrogen-bond donors (Lipinski definition) is 2. The van der Waals surface area contributed by atoms with Gasteiger partial charge in [-0.3, -0.25) is 4.79 Å². The van der Waals surface area contributed by atoms with Crippen molar-refractivity contribution < 1.29 is 9.53 Å². The molecule has 2 heterocycles. The van der Waals surface area contributed by atoms with Crippen molar-refractivity contribution in [3.63, 3.8) is 0 Å². The predicted molar refractivity (Wildman–Crippen MR) is 94.6 cm³/mol. The smallest absolute Gasteiger partial charge is 0.227 e. The first kappa shape index (κ1) is 16.7. The number of halogens is 1. The molecular formula is C18H20ClN3O2. The van der Waals surface area contributed by atoms with Crippen LogP contribution in [0.3, 0.4) is 0 Å². The number of nitrogens with one attached hydrogen (secondary N) is 2. The summed E-state index contributed by atoms with van der Waals surface area (Å²) in [6.45, 7) is 3.00. The molecular weight excluding hydrogens is 326 g/mol. The van der Waals surface area contributed by atoms with E-state index in [1.54, 1.807) is 24.3 Å². The molecule has 6 heteroatoms. The Hall–Kier alpha value is -2.11. The summed E-state index contributed by atoms with van der Waals surface area (Å²) >= 11 is 5.79. The van der Waals surface area contributed by atoms with E-state index in [9.17, 15) is 4.79 Å². The Bertz CT molecular complexity index is 688. The van der Waals surface area contributed by atoms with Crippen LogP contribution < -0.4 is 15.4 Å². The highest BCUT2D eigenvalue weighted by atomic mass is 35.5. The van der Waals surface area contributed by atoms with Crippen LogP contribution in [0.5, 0.6) is 11.6 Å². The van der Waals surface area contributed by atoms with E-state index in [1.807, 2.05) is 12.1 Å². The number of aromatic nitrogens is 1. The SMILES string of the molecule is C[C@H]1C[C@@H](C(=O)Nc2ccc(Oc3ccc(Cl)cn3)cc2)CCN1. The van der Waals surface area contributed by atoms with Gasteiger partial charge in [-0.2, -0.15) is 0 Å². The van der Waals surface area contributed by atoms with Crippen LogP contribution >= 0.6 is 11.6 Å². The fourth-order valence-corrected chi connectivity index (χ4v) is 2.88. The molecule has 1 aliphatic rings. The summed E-state index contributed by atoms with van der Waals surface area (Å²) in [6.07, 6.45) is 3.28. The number of carbonyl (C=O) groups is 1. The van der Waals surface area contributed by atoms with E-state index in [0.717, 1.165) is 25.1 Å². The van der Waals surface area contributed by atoms with Gasteiger partial charge in [0.25, 0.3) is 0 Å². The third kappa shape index (κ3) is 4.46. The number of pyridine rings is 1. The number of rotatable bonds is 4. The molecule has 0 bridgehead atoms. The maximum Gasteiger partial charge on any atom is 0.227 e. The van der Waals surface area contributed by atoms with E-state index >= 15 is 0 Å². The predicted octanol–water partition coefficient (Wildman–Crippen LogP) is 3.85. The Balaban J connectivity index is 1.58. The molecule has 0 saturated carbocycles. The zero-order valence-corrected chi connectivity index (χ0v) is 14.2. The van der Waals surface area contributed by atoms with Crippen LogP contribution in [0.2, 0.25) is 5.02 Å². The van der Waals surface area contributed by atoms with E-state index in [0.29, 0.717) is 22.7 Å². The van der Waals surface area contributed by atoms with Crippen LogP contribution in [0.4, 0.5) is 5.69 Å². The van der Waals surface area contributed by atoms with Gasteiger partial charge < -0.3 is 15.4 Å². The van der Waals surface area contributed by atoms with Gasteiger partial charge in [0.05, 0.1) is 5.02 Å². The Morgan fingerprint density at radius 1 is 1.29 bits per heavy atom. The quantitative estimate of drug-likeness (QED) is 0.883. The molecule has 1 aliphatic heterocycles. The van der Waals surface area contributed by atoms with Gasteiger partial charge in [-0.05, 0) is 56.6 Å². The molecule has 1 fully saturated rings. The largest absolute Gasteiger partial charge is 0.439 e. The highest BCUT2D eigenvalue weighted by Gasteiger charge is 2.24. The van der Waals surface area contributed by atoms with Crippen molar-refractivity contribution in [2.75, 3.05) is 11.9 Å². The van der Waals surface area contributed by atoms with E-state index in [1.165, 1.54) is 6.20 Å². The van der Waals surface area contributed by atoms with Crippen molar-refractivity contribution in [1.29, 1.82) is 0 Å². The molecule has 2 atom stereocenters. The van der Waals surface area contributed by atoms with Crippen molar-refractivity contribution in [2.24, 2.45) is 5.92 Å². The average molecular weight is 346 g/mol. The zero-order valence-electron chi connectivity index (χ0n) is 13.5. The van der Waals surface area contributed by atoms with E-state index < -0.39 is 0 Å². The summed E-state index contributed by atoms with van der Waals surface area (Å²) in [5.74, 6) is 1.27. The second kappa shape index (κ2) is 7.64. The summed E-state index contributed by atoms with van der Waals surface area (Å²) in [5, 5.41) is 6.89. The molecule has 2 aromatic rings. The second-order valence-corrected chi connectivity index (χ2v) is 6.44. The Morgan fingerprint density at radius 3 is 2.75 bits per heavy atom. The molecule has 2 N–H and O–H groups in total. The van der Waals surface area contributed by atoms with Crippen molar-refractivity contribution in [3.8, 4) is 11.6 Å². The highest BCUT2D eigenvalue weighted by molar-refractivity contribution is 6.30. The topological polar surface area (TPSA) is 63.2 Å². The maximum atomic E-state index is 12.3. The Kier molecular flexibility index (Phi) is 5.33. The fourth-order valence-electron chi connectivity index (χ4n) is 2.76. The van der Waals surface area contributed by atoms with Crippen LogP contribution in [-0.4, -0.2) is 23.5 Å². The molecule has 1 saturated heterocycles. The summed E-state index contributed by atoms with van der Waals surface area (Å²) in [7, 11) is 0. The summed E-state index contributed by atoms with van der Waals surface area (Å²) in [6, 6.07) is 11.1. The molecule has 0 aliphatic carbocycles. The molecule has 0 unspecified atom stereocenters. The van der Waals surface area contributed by atoms with Gasteiger partial charge in [-0.25, -0.2) is 4.98 Å². The number of hydrogen-bond acceptors (Lipinski definition) is 4. The lowest BCUT2D eigenvalue weighted by atomic mass is 9.92. The minimum atomic E-state index is 0.0652. The minimum absolute atomic E-state index is 0.0652. The molecule has 0 spiro atoms. The number of carbonyl (C=O) groups excluding carboxylic acids is 1. The van der Waals surface area contributed by atoms with Crippen molar-refractivity contribution in [1.82, 2.24) is 10.3 Å². The molecule has 1 aromatic carbocycles. The van der Waals surface area contributed by atoms with Gasteiger partial charge in [0.15, 0.2) is 0 Å². The summed E-state index contributed by atoms with van der Waals surface area (Å²) in [4.78, 5) is 16.4. The van der Waals surface area contributed by atoms with Crippen LogP contribution in [-0.2, 0) is 4.79 Å². The number of amides is 1. The van der Waals surface area contributed by atoms with E-state index in [2.05, 4.69) is 22.5 Å². The summed E-state index contributed by atoms with van der Waals surface area (Å²) < 4.78 is 5.63. The van der Waals surface area contributed by atoms with Gasteiger partial charge in [-0.1, -0.05) is 11.6 Å². The third-order valence-electron chi connectivity index (χ3n) is 4.04. The van der Waals surface area contributed by atoms with Gasteiger partial charge in [0.2, 0.25) is 11.8 Å². The lowest BCUT2D eigenvalue weighted by molar-refractivity contribution is -0.120. The van der Waals surface area contributed by atoms with Gasteiger partial charge in [0, 0.05) is 29.9 Å². The molecule has 3 rings (SSSR count). The number of nitrogens with zero attached hydrogens (tertiary/aromatic N) is 1.